The van der Waals surface area contributed by atoms with E-state index in [1.54, 1.807) is 6.07 Å². The number of aliphatic hydroxyl groups is 1. The van der Waals surface area contributed by atoms with E-state index < -0.39 is 20.7 Å². The van der Waals surface area contributed by atoms with E-state index in [-0.39, 0.29) is 39.8 Å². The summed E-state index contributed by atoms with van der Waals surface area (Å²) in [4.78, 5) is 18.2. The number of nitrogens with zero attached hydrogens (tertiary/aromatic N) is 1. The Morgan fingerprint density at radius 3 is 2.66 bits per heavy atom. The molecule has 1 aromatic rings. The summed E-state index contributed by atoms with van der Waals surface area (Å²) in [5.74, 6) is 0.622. The number of carbonyl (C=O) groups excluding carboxylic acids is 1. The number of Topliss-reactive ketones (excluding diaryl/α,β-unsaturated/α-hetero) is 1. The Morgan fingerprint density at radius 2 is 2.03 bits per heavy atom. The number of hydrogen-bond donors (Lipinski definition) is 2. The molecule has 0 bridgehead atoms. The average molecular weight is 637 g/mol. The van der Waals surface area contributed by atoms with Gasteiger partial charge in [0.2, 0.25) is 0 Å². The molecule has 4 rings (SSSR count). The minimum absolute atomic E-state index is 0.0252. The van der Waals surface area contributed by atoms with Crippen LogP contribution < -0.4 is 4.74 Å². The molecule has 1 fully saturated rings. The summed E-state index contributed by atoms with van der Waals surface area (Å²) in [7, 11) is 0. The smallest absolute Gasteiger partial charge is 0.163 e. The van der Waals surface area contributed by atoms with Crippen molar-refractivity contribution in [2.45, 2.75) is 75.7 Å². The molecule has 2 atom stereocenters. The van der Waals surface area contributed by atoms with E-state index in [0.29, 0.717) is 42.9 Å². The van der Waals surface area contributed by atoms with Crippen LogP contribution in [-0.2, 0) is 14.9 Å². The summed E-state index contributed by atoms with van der Waals surface area (Å²) in [6.45, 7) is 12.9. The average Bonchev–Trinajstić information content (AvgIpc) is 2.85. The van der Waals surface area contributed by atoms with Crippen molar-refractivity contribution in [2.24, 2.45) is 10.4 Å². The van der Waals surface area contributed by atoms with Gasteiger partial charge in [-0.05, 0) is 60.6 Å². The molecule has 3 aliphatic rings. The van der Waals surface area contributed by atoms with Gasteiger partial charge in [-0.15, -0.1) is 0 Å². The van der Waals surface area contributed by atoms with Gasteiger partial charge in [-0.3, -0.25) is 9.79 Å². The van der Waals surface area contributed by atoms with Crippen LogP contribution in [0.25, 0.3) is 0 Å². The first-order valence-corrected chi connectivity index (χ1v) is 15.8. The lowest BCUT2D eigenvalue weighted by Gasteiger charge is -2.40. The van der Waals surface area contributed by atoms with Gasteiger partial charge < -0.3 is 24.7 Å². The maximum Gasteiger partial charge on any atom is 0.163 e. The molecule has 2 unspecified atom stereocenters. The third kappa shape index (κ3) is 6.87. The molecule has 7 nitrogen and oxygen atoms in total. The van der Waals surface area contributed by atoms with E-state index in [9.17, 15) is 4.79 Å². The van der Waals surface area contributed by atoms with Gasteiger partial charge in [0.15, 0.2) is 5.78 Å². The standard InChI is InChI=1S/C30H41IN2O5/c1-6-30(16-36-17-30)18-38-27-11-19(2)28-23(31-27)15-24(32)25(33-28)7-8-26(35)20-12-21(29(3,4)5)14-22(13-20)37-10-9-34/h11-14,23,25,32,34H,6-10,15-18H2,1-5H3. The van der Waals surface area contributed by atoms with E-state index >= 15 is 0 Å². The van der Waals surface area contributed by atoms with E-state index in [1.165, 1.54) is 0 Å². The van der Waals surface area contributed by atoms with Crippen LogP contribution in [0.3, 0.4) is 0 Å². The molecule has 38 heavy (non-hydrogen) atoms. The lowest BCUT2D eigenvalue weighted by atomic mass is 9.84. The van der Waals surface area contributed by atoms with Crippen LogP contribution in [0.1, 0.15) is 76.2 Å². The quantitative estimate of drug-likeness (QED) is 0.192. The van der Waals surface area contributed by atoms with Crippen molar-refractivity contribution in [3.63, 3.8) is 0 Å². The number of ether oxygens (including phenoxy) is 3. The molecule has 1 saturated heterocycles. The van der Waals surface area contributed by atoms with E-state index in [0.717, 1.165) is 40.2 Å². The first-order valence-electron chi connectivity index (χ1n) is 13.5. The van der Waals surface area contributed by atoms with Crippen molar-refractivity contribution in [1.82, 2.24) is 0 Å². The molecule has 3 aliphatic heterocycles. The fourth-order valence-electron chi connectivity index (χ4n) is 4.76. The van der Waals surface area contributed by atoms with Crippen LogP contribution in [0.5, 0.6) is 5.75 Å². The Hall–Kier alpha value is -1.75. The van der Waals surface area contributed by atoms with Gasteiger partial charge in [0.25, 0.3) is 0 Å². The summed E-state index contributed by atoms with van der Waals surface area (Å²) in [6, 6.07) is 5.38. The molecule has 0 amide bonds. The lowest BCUT2D eigenvalue weighted by Crippen LogP contribution is -2.46. The number of carbonyl (C=O) groups is 1. The highest BCUT2D eigenvalue weighted by Gasteiger charge is 2.38. The van der Waals surface area contributed by atoms with E-state index in [4.69, 9.17) is 29.7 Å². The molecule has 0 aliphatic carbocycles. The Kier molecular flexibility index (Phi) is 9.38. The third-order valence-electron chi connectivity index (χ3n) is 7.55. The molecule has 0 aromatic heterocycles. The fourth-order valence-corrected chi connectivity index (χ4v) is 8.13. The zero-order valence-electron chi connectivity index (χ0n) is 23.2. The first-order chi connectivity index (χ1) is 18.0. The summed E-state index contributed by atoms with van der Waals surface area (Å²) < 4.78 is 18.7. The zero-order chi connectivity index (χ0) is 27.5. The van der Waals surface area contributed by atoms with Gasteiger partial charge in [-0.2, -0.15) is 0 Å². The SMILES string of the molecule is CCC1(COC2=IC3CC(=N)C(CCC(=O)c4cc(OCCO)cc(C(C)(C)C)c4)N=C3C(C)=C2)COC1. The number of rotatable bonds is 11. The number of alkyl halides is 1. The number of allylic oxidation sites excluding steroid dienone is 1. The maximum absolute atomic E-state index is 13.2. The maximum atomic E-state index is 13.2. The number of benzene rings is 1. The van der Waals surface area contributed by atoms with Gasteiger partial charge in [0, 0.05) is 29.5 Å². The molecular formula is C30H41IN2O5. The van der Waals surface area contributed by atoms with Crippen molar-refractivity contribution in [3.05, 3.63) is 41.0 Å². The Morgan fingerprint density at radius 1 is 1.26 bits per heavy atom. The predicted octanol–water partition coefficient (Wildman–Crippen LogP) is 5.42. The minimum Gasteiger partial charge on any atom is -0.491 e. The number of halogens is 1. The van der Waals surface area contributed by atoms with Crippen LogP contribution in [0.2, 0.25) is 0 Å². The van der Waals surface area contributed by atoms with Gasteiger partial charge in [-0.1, -0.05) is 48.4 Å². The van der Waals surface area contributed by atoms with Crippen molar-refractivity contribution >= 4 is 41.6 Å². The summed E-state index contributed by atoms with van der Waals surface area (Å²) >= 11 is -0.404. The largest absolute Gasteiger partial charge is 0.491 e. The van der Waals surface area contributed by atoms with Crippen molar-refractivity contribution in [2.75, 3.05) is 33.0 Å². The van der Waals surface area contributed by atoms with Crippen molar-refractivity contribution in [1.29, 1.82) is 5.41 Å². The molecule has 0 saturated carbocycles. The normalized spacial score (nSPS) is 22.8. The van der Waals surface area contributed by atoms with Crippen molar-refractivity contribution < 1.29 is 24.1 Å². The van der Waals surface area contributed by atoms with E-state index in [1.807, 2.05) is 12.1 Å². The molecule has 1 aromatic carbocycles. The molecule has 0 radical (unpaired) electrons. The topological polar surface area (TPSA) is 101 Å². The highest BCUT2D eigenvalue weighted by Crippen LogP contribution is 2.35. The lowest BCUT2D eigenvalue weighted by molar-refractivity contribution is -0.134. The monoisotopic (exact) mass is 636 g/mol. The Balaban J connectivity index is 1.42. The number of nitrogens with one attached hydrogen (secondary N) is 1. The Labute approximate surface area is 236 Å². The highest BCUT2D eigenvalue weighted by molar-refractivity contribution is 14.2. The second-order valence-corrected chi connectivity index (χ2v) is 14.8. The first kappa shape index (κ1) is 29.2. The van der Waals surface area contributed by atoms with Crippen LogP contribution in [0.15, 0.2) is 34.8 Å². The third-order valence-corrected chi connectivity index (χ3v) is 10.6. The molecule has 8 heteroatoms. The van der Waals surface area contributed by atoms with Gasteiger partial charge in [0.1, 0.15) is 16.1 Å². The molecule has 2 N–H and O–H groups in total. The van der Waals surface area contributed by atoms with Crippen LogP contribution in [0, 0.1) is 10.8 Å². The van der Waals surface area contributed by atoms with Gasteiger partial charge in [-0.25, -0.2) is 0 Å². The number of ketones is 1. The summed E-state index contributed by atoms with van der Waals surface area (Å²) in [6.07, 6.45) is 4.75. The Bertz CT molecular complexity index is 1150. The fraction of sp³-hybridized carbons (Fsp3) is 0.600. The summed E-state index contributed by atoms with van der Waals surface area (Å²) in [5, 5.41) is 17.9. The van der Waals surface area contributed by atoms with Gasteiger partial charge in [0.05, 0.1) is 42.1 Å². The summed E-state index contributed by atoms with van der Waals surface area (Å²) in [5.41, 5.74) is 4.48. The number of aliphatic hydroxyl groups excluding tert-OH is 1. The van der Waals surface area contributed by atoms with E-state index in [2.05, 4.69) is 40.7 Å². The van der Waals surface area contributed by atoms with Crippen molar-refractivity contribution in [3.8, 4) is 5.75 Å². The highest BCUT2D eigenvalue weighted by atomic mass is 127. The number of aliphatic imine (C=N–C) groups is 1. The van der Waals surface area contributed by atoms with Crippen LogP contribution in [-0.4, -0.2) is 69.0 Å². The minimum atomic E-state index is -0.404. The second-order valence-electron chi connectivity index (χ2n) is 11.6. The van der Waals surface area contributed by atoms with Gasteiger partial charge >= 0.3 is 0 Å². The number of hydrogen-bond acceptors (Lipinski definition) is 7. The predicted molar refractivity (Wildman–Crippen MR) is 161 cm³/mol. The van der Waals surface area contributed by atoms with Crippen LogP contribution >= 0.6 is 20.7 Å². The van der Waals surface area contributed by atoms with Crippen LogP contribution in [0.4, 0.5) is 0 Å². The molecule has 208 valence electrons. The second kappa shape index (κ2) is 12.2. The molecule has 3 heterocycles. The molecular weight excluding hydrogens is 595 g/mol. The molecule has 0 spiro atoms. The zero-order valence-corrected chi connectivity index (χ0v) is 25.4. The number of fused-ring (bicyclic) bond motifs is 1.